The van der Waals surface area contributed by atoms with Crippen LogP contribution in [0, 0.1) is 0 Å². The van der Waals surface area contributed by atoms with Crippen molar-refractivity contribution in [1.29, 1.82) is 0 Å². The van der Waals surface area contributed by atoms with Gasteiger partial charge in [-0.3, -0.25) is 0 Å². The average molecular weight is 829 g/mol. The van der Waals surface area contributed by atoms with E-state index in [2.05, 4.69) is 39.0 Å². The Morgan fingerprint density at radius 1 is 0.491 bits per heavy atom. The summed E-state index contributed by atoms with van der Waals surface area (Å²) in [5, 5.41) is 2.91. The third-order valence-corrected chi connectivity index (χ3v) is 10.8. The van der Waals surface area contributed by atoms with Gasteiger partial charge >= 0.3 is 19.5 Å². The molecule has 5 aromatic carbocycles. The van der Waals surface area contributed by atoms with E-state index in [1.54, 1.807) is 12.1 Å². The van der Waals surface area contributed by atoms with Crippen molar-refractivity contribution in [3.63, 3.8) is 0 Å². The third kappa shape index (κ3) is 5.78. The van der Waals surface area contributed by atoms with Crippen LogP contribution in [0.25, 0.3) is 89.7 Å². The first-order valence-electron chi connectivity index (χ1n) is 17.1. The van der Waals surface area contributed by atoms with Gasteiger partial charge < -0.3 is 34.6 Å². The molecular formula is C42H25Cl3N8OZn. The number of aromatic nitrogens is 8. The van der Waals surface area contributed by atoms with Gasteiger partial charge in [0.15, 0.2) is 5.75 Å². The normalized spacial score (nSPS) is 12.0. The minimum atomic E-state index is -0.110. The Kier molecular flexibility index (Phi) is 8.51. The van der Waals surface area contributed by atoms with Gasteiger partial charge in [-0.15, -0.1) is 0 Å². The number of nitrogens with zero attached hydrogens (tertiary/aromatic N) is 8. The molecule has 9 nitrogen and oxygen atoms in total. The molecule has 0 aliphatic carbocycles. The van der Waals surface area contributed by atoms with E-state index < -0.39 is 0 Å². The Hall–Kier alpha value is -5.25. The summed E-state index contributed by atoms with van der Waals surface area (Å²) in [5.41, 5.74) is 5.55. The van der Waals surface area contributed by atoms with Crippen LogP contribution in [-0.2, 0) is 24.9 Å². The van der Waals surface area contributed by atoms with Crippen molar-refractivity contribution in [2.24, 2.45) is 0 Å². The first-order chi connectivity index (χ1) is 26.1. The molecule has 0 unspecified atom stereocenters. The molecule has 2 aliphatic heterocycles. The zero-order chi connectivity index (χ0) is 36.9. The second kappa shape index (κ2) is 13.2. The summed E-state index contributed by atoms with van der Waals surface area (Å²) < 4.78 is 6.22. The van der Waals surface area contributed by atoms with Crippen molar-refractivity contribution in [1.82, 2.24) is 39.9 Å². The molecule has 0 radical (unpaired) electrons. The number of para-hydroxylation sites is 1. The molecule has 0 saturated carbocycles. The van der Waals surface area contributed by atoms with Gasteiger partial charge in [0.25, 0.3) is 0 Å². The number of hydrogen-bond donors (Lipinski definition) is 0. The zero-order valence-electron chi connectivity index (χ0n) is 29.6. The molecule has 0 amide bonds. The molecule has 8 bridgehead atoms. The van der Waals surface area contributed by atoms with E-state index in [1.165, 1.54) is 0 Å². The molecular weight excluding hydrogens is 804 g/mol. The van der Waals surface area contributed by atoms with E-state index in [-0.39, 0.29) is 57.0 Å². The van der Waals surface area contributed by atoms with Gasteiger partial charge in [0.1, 0.15) is 10.8 Å². The number of halogens is 3. The first kappa shape index (κ1) is 35.5. The smallest absolute Gasteiger partial charge is 0.454 e. The van der Waals surface area contributed by atoms with Crippen LogP contribution in [0.15, 0.2) is 97.1 Å². The third-order valence-electron chi connectivity index (χ3n) is 9.57. The fourth-order valence-corrected chi connectivity index (χ4v) is 7.69. The Morgan fingerprint density at radius 2 is 0.945 bits per heavy atom. The minimum Gasteiger partial charge on any atom is -0.454 e. The summed E-state index contributed by atoms with van der Waals surface area (Å²) in [6.45, 7) is 6.53. The SMILES string of the molecule is CC(C)(C)c1ccc2c3nc4nc(nc5[n-]c(nc6nc(nc([n-]3)c2c1)-c1ccccc1-6)c1c(Cl)c(Oc2ccccc2)c(Cl)c(Cl)c51)-c1ccccc1-4.[Zn+2]. The zero-order valence-corrected chi connectivity index (χ0v) is 34.8. The van der Waals surface area contributed by atoms with Crippen molar-refractivity contribution in [3.8, 4) is 57.1 Å². The van der Waals surface area contributed by atoms with Crippen LogP contribution >= 0.6 is 34.8 Å². The Labute approximate surface area is 342 Å². The van der Waals surface area contributed by atoms with E-state index >= 15 is 0 Å². The van der Waals surface area contributed by atoms with Crippen molar-refractivity contribution >= 4 is 78.9 Å². The average Bonchev–Trinajstić information content (AvgIpc) is 3.91. The minimum absolute atomic E-state index is 0. The molecule has 0 fully saturated rings. The largest absolute Gasteiger partial charge is 2.00 e. The molecule has 3 aromatic heterocycles. The second-order valence-electron chi connectivity index (χ2n) is 14.0. The molecule has 13 heteroatoms. The fraction of sp³-hybridized carbons (Fsp3) is 0.0952. The topological polar surface area (TPSA) is 115 Å². The summed E-state index contributed by atoms with van der Waals surface area (Å²) in [4.78, 5) is 40.0. The predicted octanol–water partition coefficient (Wildman–Crippen LogP) is 11.2. The van der Waals surface area contributed by atoms with Gasteiger partial charge in [-0.1, -0.05) is 134 Å². The molecule has 2 aliphatic rings. The predicted molar refractivity (Wildman–Crippen MR) is 214 cm³/mol. The van der Waals surface area contributed by atoms with E-state index in [1.807, 2.05) is 66.7 Å². The van der Waals surface area contributed by atoms with Crippen LogP contribution in [-0.4, -0.2) is 29.9 Å². The number of rotatable bonds is 2. The molecule has 0 atom stereocenters. The van der Waals surface area contributed by atoms with Crippen molar-refractivity contribution in [2.45, 2.75) is 26.2 Å². The van der Waals surface area contributed by atoms with Crippen LogP contribution in [0.3, 0.4) is 0 Å². The summed E-state index contributed by atoms with van der Waals surface area (Å²) in [7, 11) is 0. The standard InChI is InChI=1S/C42H25Cl3N8O.Zn/c1-42(2,3)20-17-18-26-27(19-20)39-49-35-23-14-8-10-16-25(23)37(47-35)52-41-29-28(30(43)32(45)33(31(29)44)54-21-11-5-4-6-12-21)40(53-41)51-36-24-15-9-7-13-22(24)34(46-36)48-38(26)50-39;/h4-19H,1-3H3;/q-2;+2. The maximum atomic E-state index is 7.20. The van der Waals surface area contributed by atoms with Gasteiger partial charge in [-0.25, -0.2) is 9.97 Å². The first-order valence-corrected chi connectivity index (χ1v) is 18.2. The van der Waals surface area contributed by atoms with Crippen LogP contribution in [0.5, 0.6) is 11.5 Å². The van der Waals surface area contributed by atoms with Crippen LogP contribution in [0.2, 0.25) is 15.1 Å². The van der Waals surface area contributed by atoms with Gasteiger partial charge in [0, 0.05) is 55.6 Å². The van der Waals surface area contributed by atoms with Gasteiger partial charge in [-0.2, -0.15) is 0 Å². The van der Waals surface area contributed by atoms with Gasteiger partial charge in [-0.05, 0) is 39.9 Å². The second-order valence-corrected chi connectivity index (χ2v) is 15.2. The monoisotopic (exact) mass is 826 g/mol. The van der Waals surface area contributed by atoms with Gasteiger partial charge in [0.2, 0.25) is 0 Å². The molecule has 0 saturated heterocycles. The molecule has 55 heavy (non-hydrogen) atoms. The quantitative estimate of drug-likeness (QED) is 0.124. The van der Waals surface area contributed by atoms with Gasteiger partial charge in [0.05, 0.1) is 33.3 Å². The number of ether oxygens (including phenoxy) is 1. The molecule has 10 rings (SSSR count). The van der Waals surface area contributed by atoms with Crippen molar-refractivity contribution < 1.29 is 24.2 Å². The number of fused-ring (bicyclic) bond motifs is 20. The summed E-state index contributed by atoms with van der Waals surface area (Å²) in [5.74, 6) is 2.34. The van der Waals surface area contributed by atoms with Crippen molar-refractivity contribution in [3.05, 3.63) is 118 Å². The van der Waals surface area contributed by atoms with Crippen LogP contribution < -0.4 is 14.7 Å². The summed E-state index contributed by atoms with van der Waals surface area (Å²) >= 11 is 21.2. The number of benzene rings is 5. The fourth-order valence-electron chi connectivity index (χ4n) is 6.84. The maximum absolute atomic E-state index is 7.20. The Balaban J connectivity index is 0.00000397. The molecule has 0 N–H and O–H groups in total. The Bertz CT molecular complexity index is 3070. The van der Waals surface area contributed by atoms with E-state index in [4.69, 9.17) is 79.4 Å². The van der Waals surface area contributed by atoms with Crippen LogP contribution in [0.1, 0.15) is 26.3 Å². The Morgan fingerprint density at radius 3 is 1.47 bits per heavy atom. The van der Waals surface area contributed by atoms with E-state index in [0.717, 1.165) is 38.6 Å². The summed E-state index contributed by atoms with van der Waals surface area (Å²) in [6.07, 6.45) is 0. The molecule has 0 spiro atoms. The maximum Gasteiger partial charge on any atom is 2.00 e. The number of hydrogen-bond acceptors (Lipinski definition) is 7. The van der Waals surface area contributed by atoms with E-state index in [0.29, 0.717) is 51.1 Å². The molecule has 262 valence electrons. The molecule has 8 aromatic rings. The van der Waals surface area contributed by atoms with E-state index in [9.17, 15) is 0 Å². The van der Waals surface area contributed by atoms with Crippen molar-refractivity contribution in [2.75, 3.05) is 0 Å². The van der Waals surface area contributed by atoms with Crippen LogP contribution in [0.4, 0.5) is 0 Å². The molecule has 5 heterocycles. The summed E-state index contributed by atoms with van der Waals surface area (Å²) in [6, 6.07) is 31.0.